The Labute approximate surface area is 148 Å². The summed E-state index contributed by atoms with van der Waals surface area (Å²) in [5.74, 6) is -0.0200. The minimum absolute atomic E-state index is 0.0832. The summed E-state index contributed by atoms with van der Waals surface area (Å²) in [5.41, 5.74) is 8.47. The van der Waals surface area contributed by atoms with Gasteiger partial charge in [0.15, 0.2) is 11.5 Å². The Morgan fingerprint density at radius 1 is 1.28 bits per heavy atom. The van der Waals surface area contributed by atoms with Gasteiger partial charge in [0, 0.05) is 32.1 Å². The zero-order chi connectivity index (χ0) is 17.6. The first-order valence-corrected chi connectivity index (χ1v) is 8.66. The van der Waals surface area contributed by atoms with E-state index >= 15 is 0 Å². The third kappa shape index (κ3) is 4.54. The summed E-state index contributed by atoms with van der Waals surface area (Å²) < 4.78 is 5.71. The third-order valence-electron chi connectivity index (χ3n) is 4.46. The van der Waals surface area contributed by atoms with Gasteiger partial charge in [0.25, 0.3) is 5.91 Å². The molecule has 1 aromatic heterocycles. The van der Waals surface area contributed by atoms with E-state index in [1.807, 2.05) is 0 Å². The van der Waals surface area contributed by atoms with Gasteiger partial charge in [0.05, 0.1) is 6.10 Å². The smallest absolute Gasteiger partial charge is 0.276 e. The molecule has 2 heterocycles. The number of amides is 1. The second kappa shape index (κ2) is 8.07. The van der Waals surface area contributed by atoms with Crippen molar-refractivity contribution in [2.75, 3.05) is 25.4 Å². The van der Waals surface area contributed by atoms with E-state index in [4.69, 9.17) is 10.5 Å². The standard InChI is InChI=1S/C19H24N4O2/c1-14-4-6-15(7-5-14)8-11-23(13-16-3-2-12-25-16)19(24)17-18(20)22-10-9-21-17/h4-7,9-10,16H,2-3,8,11-13H2,1H3,(H2,20,22). The van der Waals surface area contributed by atoms with Crippen molar-refractivity contribution < 1.29 is 9.53 Å². The maximum absolute atomic E-state index is 12.9. The van der Waals surface area contributed by atoms with Gasteiger partial charge in [-0.05, 0) is 31.7 Å². The van der Waals surface area contributed by atoms with Crippen molar-refractivity contribution in [3.05, 3.63) is 53.5 Å². The molecule has 0 spiro atoms. The van der Waals surface area contributed by atoms with Crippen LogP contribution in [0.2, 0.25) is 0 Å². The molecule has 6 heteroatoms. The van der Waals surface area contributed by atoms with Gasteiger partial charge in [-0.2, -0.15) is 0 Å². The normalized spacial score (nSPS) is 16.8. The van der Waals surface area contributed by atoms with Gasteiger partial charge in [0.2, 0.25) is 0 Å². The number of rotatable bonds is 6. The molecule has 0 bridgehead atoms. The molecule has 6 nitrogen and oxygen atoms in total. The Bertz CT molecular complexity index is 712. The number of nitrogens with two attached hydrogens (primary N) is 1. The van der Waals surface area contributed by atoms with Crippen LogP contribution in [0.25, 0.3) is 0 Å². The fraction of sp³-hybridized carbons (Fsp3) is 0.421. The van der Waals surface area contributed by atoms with Crippen LogP contribution in [0.3, 0.4) is 0 Å². The molecule has 1 fully saturated rings. The van der Waals surface area contributed by atoms with Gasteiger partial charge in [-0.25, -0.2) is 9.97 Å². The van der Waals surface area contributed by atoms with E-state index in [-0.39, 0.29) is 23.5 Å². The van der Waals surface area contributed by atoms with Crippen LogP contribution in [0.5, 0.6) is 0 Å². The van der Waals surface area contributed by atoms with Crippen molar-refractivity contribution in [2.24, 2.45) is 0 Å². The number of anilines is 1. The summed E-state index contributed by atoms with van der Waals surface area (Å²) in [6.07, 6.45) is 5.86. The van der Waals surface area contributed by atoms with Gasteiger partial charge in [0.1, 0.15) is 0 Å². The maximum atomic E-state index is 12.9. The lowest BCUT2D eigenvalue weighted by Crippen LogP contribution is -2.39. The number of aromatic nitrogens is 2. The number of carbonyl (C=O) groups excluding carboxylic acids is 1. The maximum Gasteiger partial charge on any atom is 0.276 e. The first-order chi connectivity index (χ1) is 12.1. The topological polar surface area (TPSA) is 81.3 Å². The van der Waals surface area contributed by atoms with E-state index in [9.17, 15) is 4.79 Å². The van der Waals surface area contributed by atoms with E-state index in [2.05, 4.69) is 41.2 Å². The summed E-state index contributed by atoms with van der Waals surface area (Å²) in [5, 5.41) is 0. The van der Waals surface area contributed by atoms with Crippen LogP contribution in [0, 0.1) is 6.92 Å². The molecule has 25 heavy (non-hydrogen) atoms. The Balaban J connectivity index is 1.73. The number of nitrogens with zero attached hydrogens (tertiary/aromatic N) is 3. The number of aryl methyl sites for hydroxylation is 1. The molecule has 1 saturated heterocycles. The van der Waals surface area contributed by atoms with E-state index in [1.54, 1.807) is 4.90 Å². The minimum Gasteiger partial charge on any atom is -0.382 e. The molecule has 1 aliphatic heterocycles. The quantitative estimate of drug-likeness (QED) is 0.872. The highest BCUT2D eigenvalue weighted by atomic mass is 16.5. The molecule has 132 valence electrons. The van der Waals surface area contributed by atoms with Crippen molar-refractivity contribution in [1.29, 1.82) is 0 Å². The zero-order valence-electron chi connectivity index (χ0n) is 14.5. The lowest BCUT2D eigenvalue weighted by atomic mass is 10.1. The van der Waals surface area contributed by atoms with E-state index in [0.29, 0.717) is 13.1 Å². The number of hydrogen-bond donors (Lipinski definition) is 1. The van der Waals surface area contributed by atoms with Crippen LogP contribution in [0.1, 0.15) is 34.5 Å². The summed E-state index contributed by atoms with van der Waals surface area (Å²) >= 11 is 0. The molecule has 2 aromatic rings. The van der Waals surface area contributed by atoms with Crippen LogP contribution in [-0.4, -0.2) is 46.6 Å². The summed E-state index contributed by atoms with van der Waals surface area (Å²) in [4.78, 5) is 22.8. The lowest BCUT2D eigenvalue weighted by Gasteiger charge is -2.25. The largest absolute Gasteiger partial charge is 0.382 e. The Morgan fingerprint density at radius 3 is 2.72 bits per heavy atom. The molecule has 0 radical (unpaired) electrons. The molecule has 0 saturated carbocycles. The van der Waals surface area contributed by atoms with Gasteiger partial charge in [-0.3, -0.25) is 4.79 Å². The molecule has 1 aliphatic rings. The van der Waals surface area contributed by atoms with Gasteiger partial charge >= 0.3 is 0 Å². The highest BCUT2D eigenvalue weighted by molar-refractivity contribution is 5.96. The highest BCUT2D eigenvalue weighted by Crippen LogP contribution is 2.16. The molecule has 1 amide bonds. The summed E-state index contributed by atoms with van der Waals surface area (Å²) in [6, 6.07) is 8.37. The van der Waals surface area contributed by atoms with Crippen molar-refractivity contribution >= 4 is 11.7 Å². The molecule has 2 N–H and O–H groups in total. The number of hydrogen-bond acceptors (Lipinski definition) is 5. The number of nitrogen functional groups attached to an aromatic ring is 1. The molecule has 1 aromatic carbocycles. The minimum atomic E-state index is -0.187. The second-order valence-electron chi connectivity index (χ2n) is 6.41. The summed E-state index contributed by atoms with van der Waals surface area (Å²) in [7, 11) is 0. The first-order valence-electron chi connectivity index (χ1n) is 8.66. The Kier molecular flexibility index (Phi) is 5.60. The lowest BCUT2D eigenvalue weighted by molar-refractivity contribution is 0.0525. The van der Waals surface area contributed by atoms with Crippen molar-refractivity contribution in [3.63, 3.8) is 0 Å². The second-order valence-corrected chi connectivity index (χ2v) is 6.41. The van der Waals surface area contributed by atoms with Gasteiger partial charge in [-0.1, -0.05) is 29.8 Å². The number of benzene rings is 1. The third-order valence-corrected chi connectivity index (χ3v) is 4.46. The predicted molar refractivity (Wildman–Crippen MR) is 96.2 cm³/mol. The molecular formula is C19H24N4O2. The Hall–Kier alpha value is -2.47. The van der Waals surface area contributed by atoms with Crippen LogP contribution >= 0.6 is 0 Å². The van der Waals surface area contributed by atoms with E-state index < -0.39 is 0 Å². The van der Waals surface area contributed by atoms with Crippen LogP contribution in [0.15, 0.2) is 36.7 Å². The molecule has 1 atom stereocenters. The average Bonchev–Trinajstić information content (AvgIpc) is 3.13. The van der Waals surface area contributed by atoms with E-state index in [1.165, 1.54) is 23.5 Å². The van der Waals surface area contributed by atoms with Gasteiger partial charge < -0.3 is 15.4 Å². The SMILES string of the molecule is Cc1ccc(CCN(CC2CCCO2)C(=O)c2nccnc2N)cc1. The first kappa shape index (κ1) is 17.4. The van der Waals surface area contributed by atoms with Crippen LogP contribution in [-0.2, 0) is 11.2 Å². The number of ether oxygens (including phenoxy) is 1. The molecule has 0 aliphatic carbocycles. The highest BCUT2D eigenvalue weighted by Gasteiger charge is 2.25. The van der Waals surface area contributed by atoms with Crippen LogP contribution in [0.4, 0.5) is 5.82 Å². The fourth-order valence-corrected chi connectivity index (χ4v) is 2.99. The molecular weight excluding hydrogens is 316 g/mol. The van der Waals surface area contributed by atoms with Crippen LogP contribution < -0.4 is 5.73 Å². The predicted octanol–water partition coefficient (Wildman–Crippen LogP) is 2.23. The molecule has 3 rings (SSSR count). The monoisotopic (exact) mass is 340 g/mol. The van der Waals surface area contributed by atoms with Gasteiger partial charge in [-0.15, -0.1) is 0 Å². The number of carbonyl (C=O) groups is 1. The average molecular weight is 340 g/mol. The summed E-state index contributed by atoms with van der Waals surface area (Å²) in [6.45, 7) is 3.98. The Morgan fingerprint density at radius 2 is 2.04 bits per heavy atom. The fourth-order valence-electron chi connectivity index (χ4n) is 2.99. The van der Waals surface area contributed by atoms with Crippen molar-refractivity contribution in [3.8, 4) is 0 Å². The molecule has 1 unspecified atom stereocenters. The van der Waals surface area contributed by atoms with Crippen molar-refractivity contribution in [2.45, 2.75) is 32.3 Å². The zero-order valence-corrected chi connectivity index (χ0v) is 14.5. The van der Waals surface area contributed by atoms with Crippen molar-refractivity contribution in [1.82, 2.24) is 14.9 Å². The van der Waals surface area contributed by atoms with E-state index in [0.717, 1.165) is 25.9 Å².